The van der Waals surface area contributed by atoms with E-state index in [9.17, 15) is 0 Å². The minimum absolute atomic E-state index is 0.740. The fraction of sp³-hybridized carbons (Fsp3) is 0.111. The van der Waals surface area contributed by atoms with Crippen LogP contribution in [0.2, 0.25) is 0 Å². The highest BCUT2D eigenvalue weighted by molar-refractivity contribution is 7.98. The van der Waals surface area contributed by atoms with E-state index in [0.717, 1.165) is 32.9 Å². The van der Waals surface area contributed by atoms with Gasteiger partial charge in [0.25, 0.3) is 0 Å². The van der Waals surface area contributed by atoms with Crippen LogP contribution < -0.4 is 0 Å². The van der Waals surface area contributed by atoms with Crippen LogP contribution in [0.15, 0.2) is 65.1 Å². The van der Waals surface area contributed by atoms with Crippen molar-refractivity contribution in [3.63, 3.8) is 0 Å². The third-order valence-corrected chi connectivity index (χ3v) is 5.60. The molecule has 0 atom stereocenters. The lowest BCUT2D eigenvalue weighted by Gasteiger charge is -2.04. The largest absolute Gasteiger partial charge is 0.240 e. The van der Waals surface area contributed by atoms with Crippen LogP contribution in [-0.2, 0) is 5.75 Å². The molecule has 0 bridgehead atoms. The van der Waals surface area contributed by atoms with E-state index in [1.165, 1.54) is 5.56 Å². The van der Waals surface area contributed by atoms with Crippen LogP contribution in [0.25, 0.3) is 16.9 Å². The Morgan fingerprint density at radius 3 is 2.80 bits per heavy atom. The molecule has 0 amide bonds. The highest BCUT2D eigenvalue weighted by Gasteiger charge is 2.11. The van der Waals surface area contributed by atoms with Crippen molar-refractivity contribution in [3.8, 4) is 16.9 Å². The first kappa shape index (κ1) is 16.0. The van der Waals surface area contributed by atoms with Crippen LogP contribution in [-0.4, -0.2) is 25.2 Å². The molecule has 0 aliphatic rings. The Bertz CT molecular complexity index is 978. The number of hydrogen-bond donors (Lipinski definition) is 0. The second-order valence-electron chi connectivity index (χ2n) is 5.49. The van der Waals surface area contributed by atoms with Gasteiger partial charge in [-0.2, -0.15) is 4.68 Å². The maximum atomic E-state index is 4.72. The summed E-state index contributed by atoms with van der Waals surface area (Å²) in [5, 5.41) is 16.0. The van der Waals surface area contributed by atoms with Crippen molar-refractivity contribution in [2.75, 3.05) is 0 Å². The number of nitrogens with zero attached hydrogens (tertiary/aromatic N) is 5. The van der Waals surface area contributed by atoms with Crippen molar-refractivity contribution in [3.05, 3.63) is 70.5 Å². The summed E-state index contributed by atoms with van der Waals surface area (Å²) in [6.45, 7) is 2.06. The maximum absolute atomic E-state index is 4.72. The van der Waals surface area contributed by atoms with Crippen LogP contribution in [0.4, 0.5) is 0 Å². The molecule has 2 aromatic carbocycles. The van der Waals surface area contributed by atoms with Gasteiger partial charge in [-0.15, -0.1) is 16.4 Å². The normalized spacial score (nSPS) is 10.9. The molecular weight excluding hydrogens is 350 g/mol. The summed E-state index contributed by atoms with van der Waals surface area (Å²) in [5.41, 5.74) is 4.30. The van der Waals surface area contributed by atoms with Crippen LogP contribution >= 0.6 is 23.1 Å². The third-order valence-electron chi connectivity index (χ3n) is 3.63. The number of tetrazole rings is 1. The van der Waals surface area contributed by atoms with E-state index < -0.39 is 0 Å². The molecule has 4 rings (SSSR count). The van der Waals surface area contributed by atoms with E-state index in [2.05, 4.69) is 52.1 Å². The molecule has 2 heterocycles. The predicted molar refractivity (Wildman–Crippen MR) is 101 cm³/mol. The van der Waals surface area contributed by atoms with Crippen LogP contribution in [0.1, 0.15) is 10.6 Å². The van der Waals surface area contributed by atoms with Crippen LogP contribution in [0.5, 0.6) is 0 Å². The van der Waals surface area contributed by atoms with Gasteiger partial charge in [0.2, 0.25) is 5.16 Å². The first-order chi connectivity index (χ1) is 12.3. The molecule has 0 spiro atoms. The molecule has 0 fully saturated rings. The molecule has 124 valence electrons. The Hall–Kier alpha value is -2.51. The number of rotatable bonds is 5. The van der Waals surface area contributed by atoms with Gasteiger partial charge in [0, 0.05) is 10.9 Å². The van der Waals surface area contributed by atoms with Gasteiger partial charge in [0.1, 0.15) is 5.01 Å². The molecule has 7 heteroatoms. The summed E-state index contributed by atoms with van der Waals surface area (Å²) >= 11 is 3.25. The predicted octanol–water partition coefficient (Wildman–Crippen LogP) is 4.39. The van der Waals surface area contributed by atoms with Crippen molar-refractivity contribution >= 4 is 23.1 Å². The van der Waals surface area contributed by atoms with Gasteiger partial charge in [0.05, 0.1) is 17.1 Å². The van der Waals surface area contributed by atoms with Crippen molar-refractivity contribution < 1.29 is 0 Å². The van der Waals surface area contributed by atoms with Gasteiger partial charge in [-0.25, -0.2) is 4.98 Å². The fourth-order valence-corrected chi connectivity index (χ4v) is 4.15. The molecule has 0 saturated carbocycles. The van der Waals surface area contributed by atoms with Gasteiger partial charge in [-0.3, -0.25) is 0 Å². The van der Waals surface area contributed by atoms with Crippen molar-refractivity contribution in [1.82, 2.24) is 25.2 Å². The molecule has 4 aromatic rings. The number of hydrogen-bond acceptors (Lipinski definition) is 6. The zero-order valence-corrected chi connectivity index (χ0v) is 15.2. The zero-order chi connectivity index (χ0) is 17.1. The average molecular weight is 365 g/mol. The quantitative estimate of drug-likeness (QED) is 0.491. The summed E-state index contributed by atoms with van der Waals surface area (Å²) in [6.07, 6.45) is 0. The Kier molecular flexibility index (Phi) is 4.58. The Labute approximate surface area is 153 Å². The monoisotopic (exact) mass is 365 g/mol. The van der Waals surface area contributed by atoms with Gasteiger partial charge in [-0.1, -0.05) is 54.2 Å². The van der Waals surface area contributed by atoms with Gasteiger partial charge in [-0.05, 0) is 35.0 Å². The van der Waals surface area contributed by atoms with E-state index in [4.69, 9.17) is 4.98 Å². The number of benzene rings is 2. The fourth-order valence-electron chi connectivity index (χ4n) is 2.44. The summed E-state index contributed by atoms with van der Waals surface area (Å²) in [4.78, 5) is 4.72. The lowest BCUT2D eigenvalue weighted by atomic mass is 10.2. The number of thiazole rings is 1. The summed E-state index contributed by atoms with van der Waals surface area (Å²) in [6, 6.07) is 18.3. The summed E-state index contributed by atoms with van der Waals surface area (Å²) in [5.74, 6) is 0.740. The molecular formula is C18H15N5S2. The lowest BCUT2D eigenvalue weighted by Crippen LogP contribution is -1.99. The van der Waals surface area contributed by atoms with Crippen molar-refractivity contribution in [1.29, 1.82) is 0 Å². The summed E-state index contributed by atoms with van der Waals surface area (Å²) in [7, 11) is 0. The van der Waals surface area contributed by atoms with Crippen LogP contribution in [0, 0.1) is 6.92 Å². The van der Waals surface area contributed by atoms with Gasteiger partial charge in [0.15, 0.2) is 0 Å². The molecule has 0 saturated heterocycles. The number of aryl methyl sites for hydroxylation is 1. The second-order valence-corrected chi connectivity index (χ2v) is 7.38. The molecule has 2 aromatic heterocycles. The molecule has 0 aliphatic heterocycles. The third kappa shape index (κ3) is 3.62. The zero-order valence-electron chi connectivity index (χ0n) is 13.5. The van der Waals surface area contributed by atoms with E-state index in [-0.39, 0.29) is 0 Å². The van der Waals surface area contributed by atoms with Gasteiger partial charge < -0.3 is 0 Å². The molecule has 25 heavy (non-hydrogen) atoms. The van der Waals surface area contributed by atoms with Crippen molar-refractivity contribution in [2.45, 2.75) is 17.8 Å². The van der Waals surface area contributed by atoms with E-state index >= 15 is 0 Å². The first-order valence-corrected chi connectivity index (χ1v) is 9.64. The first-order valence-electron chi connectivity index (χ1n) is 7.77. The molecule has 0 unspecified atom stereocenters. The maximum Gasteiger partial charge on any atom is 0.214 e. The Morgan fingerprint density at radius 1 is 1.08 bits per heavy atom. The molecule has 5 nitrogen and oxygen atoms in total. The minimum Gasteiger partial charge on any atom is -0.240 e. The number of aromatic nitrogens is 5. The molecule has 0 radical (unpaired) electrons. The van der Waals surface area contributed by atoms with Crippen LogP contribution in [0.3, 0.4) is 0 Å². The Balaban J connectivity index is 1.50. The highest BCUT2D eigenvalue weighted by Crippen LogP contribution is 2.27. The van der Waals surface area contributed by atoms with Gasteiger partial charge >= 0.3 is 0 Å². The highest BCUT2D eigenvalue weighted by atomic mass is 32.2. The average Bonchev–Trinajstić information content (AvgIpc) is 3.30. The lowest BCUT2D eigenvalue weighted by molar-refractivity contribution is 0.755. The SMILES string of the molecule is Cc1cccc(-n2nnnc2SCc2nc(-c3ccccc3)cs2)c1. The molecule has 0 N–H and O–H groups in total. The summed E-state index contributed by atoms with van der Waals surface area (Å²) < 4.78 is 1.77. The standard InChI is InChI=1S/C18H15N5S2/c1-13-6-5-9-15(10-13)23-18(20-21-22-23)25-12-17-19-16(11-24-17)14-7-3-2-4-8-14/h2-11H,12H2,1H3. The minimum atomic E-state index is 0.740. The topological polar surface area (TPSA) is 56.5 Å². The smallest absolute Gasteiger partial charge is 0.214 e. The van der Waals surface area contributed by atoms with E-state index in [0.29, 0.717) is 0 Å². The Morgan fingerprint density at radius 2 is 1.96 bits per heavy atom. The number of thioether (sulfide) groups is 1. The second kappa shape index (κ2) is 7.16. The molecule has 0 aliphatic carbocycles. The van der Waals surface area contributed by atoms with E-state index in [1.54, 1.807) is 27.8 Å². The van der Waals surface area contributed by atoms with E-state index in [1.807, 2.05) is 30.3 Å². The van der Waals surface area contributed by atoms with Crippen molar-refractivity contribution in [2.24, 2.45) is 0 Å².